The lowest BCUT2D eigenvalue weighted by atomic mass is 9.80. The van der Waals surface area contributed by atoms with Gasteiger partial charge in [-0.25, -0.2) is 4.98 Å². The Balaban J connectivity index is 1.30. The molecule has 3 heterocycles. The molecule has 0 spiro atoms. The predicted octanol–water partition coefficient (Wildman–Crippen LogP) is 4.18. The maximum Gasteiger partial charge on any atom is 0.280 e. The number of fused-ring (bicyclic) bond motifs is 1. The Labute approximate surface area is 298 Å². The number of nitrogen functional groups attached to an aromatic ring is 1. The minimum Gasteiger partial charge on any atom is -0.497 e. The standard InChI is InChI=1S/C39H37N5O8/c1-48-28-17-13-26(14-18-28)39(25-9-5-3-6-10-25,27-15-19-29(49-2)20-16-27)51-22-32-31(45)21-38(52-32,33(46)23-50-30-11-7-4-8-12-30)44-24-41-34-35(44)42-37(40)43-36(34)47/h3-20,24,31-32,45H,21-23H2,1-2H3,(H3,40,42,43,47)/t31-,32+,38-/m0/s1. The van der Waals surface area contributed by atoms with Gasteiger partial charge in [0.1, 0.15) is 35.3 Å². The van der Waals surface area contributed by atoms with Crippen LogP contribution in [0.1, 0.15) is 23.1 Å². The van der Waals surface area contributed by atoms with Gasteiger partial charge in [-0.15, -0.1) is 0 Å². The Morgan fingerprint density at radius 3 is 2.08 bits per heavy atom. The Bertz CT molecular complexity index is 2160. The number of anilines is 1. The van der Waals surface area contributed by atoms with Crippen molar-refractivity contribution in [1.29, 1.82) is 0 Å². The number of H-pyrrole nitrogens is 1. The molecule has 0 aliphatic carbocycles. The molecule has 266 valence electrons. The van der Waals surface area contributed by atoms with Crippen molar-refractivity contribution >= 4 is 22.9 Å². The van der Waals surface area contributed by atoms with E-state index in [0.717, 1.165) is 16.7 Å². The number of para-hydroxylation sites is 1. The number of benzene rings is 4. The zero-order chi connectivity index (χ0) is 36.3. The molecule has 1 fully saturated rings. The van der Waals surface area contributed by atoms with E-state index in [1.807, 2.05) is 84.9 Å². The van der Waals surface area contributed by atoms with Gasteiger partial charge in [0.05, 0.1) is 26.9 Å². The van der Waals surface area contributed by atoms with E-state index in [9.17, 15) is 14.7 Å². The number of nitrogens with two attached hydrogens (primary N) is 1. The molecule has 13 nitrogen and oxygen atoms in total. The molecular weight excluding hydrogens is 666 g/mol. The van der Waals surface area contributed by atoms with Crippen LogP contribution in [0.3, 0.4) is 0 Å². The molecular formula is C39H37N5O8. The molecule has 4 N–H and O–H groups in total. The molecule has 2 aromatic heterocycles. The number of hydrogen-bond acceptors (Lipinski definition) is 11. The number of nitrogens with one attached hydrogen (secondary N) is 1. The zero-order valence-corrected chi connectivity index (χ0v) is 28.5. The highest BCUT2D eigenvalue weighted by Gasteiger charge is 2.54. The molecule has 3 atom stereocenters. The van der Waals surface area contributed by atoms with Gasteiger partial charge >= 0.3 is 0 Å². The fourth-order valence-electron chi connectivity index (χ4n) is 6.66. The first-order valence-electron chi connectivity index (χ1n) is 16.6. The smallest absolute Gasteiger partial charge is 0.280 e. The van der Waals surface area contributed by atoms with Gasteiger partial charge in [-0.05, 0) is 53.1 Å². The summed E-state index contributed by atoms with van der Waals surface area (Å²) in [4.78, 5) is 38.0. The van der Waals surface area contributed by atoms with Crippen LogP contribution in [0.15, 0.2) is 120 Å². The number of ether oxygens (including phenoxy) is 5. The quantitative estimate of drug-likeness (QED) is 0.147. The van der Waals surface area contributed by atoms with Crippen LogP contribution < -0.4 is 25.5 Å². The predicted molar refractivity (Wildman–Crippen MR) is 191 cm³/mol. The van der Waals surface area contributed by atoms with Crippen molar-refractivity contribution in [3.05, 3.63) is 143 Å². The van der Waals surface area contributed by atoms with Crippen molar-refractivity contribution < 1.29 is 33.6 Å². The van der Waals surface area contributed by atoms with E-state index in [0.29, 0.717) is 17.2 Å². The van der Waals surface area contributed by atoms with Crippen LogP contribution in [-0.2, 0) is 25.6 Å². The van der Waals surface area contributed by atoms with E-state index in [1.165, 1.54) is 10.9 Å². The van der Waals surface area contributed by atoms with Crippen molar-refractivity contribution in [2.75, 3.05) is 33.2 Å². The van der Waals surface area contributed by atoms with E-state index in [1.54, 1.807) is 38.5 Å². The Hall–Kier alpha value is -6.02. The maximum absolute atomic E-state index is 14.3. The molecule has 7 rings (SSSR count). The second-order valence-corrected chi connectivity index (χ2v) is 12.3. The van der Waals surface area contributed by atoms with Crippen LogP contribution in [-0.4, -0.2) is 70.1 Å². The second kappa shape index (κ2) is 14.3. The van der Waals surface area contributed by atoms with E-state index >= 15 is 0 Å². The number of aliphatic hydroxyl groups is 1. The van der Waals surface area contributed by atoms with Crippen molar-refractivity contribution in [3.8, 4) is 17.2 Å². The Morgan fingerprint density at radius 2 is 1.48 bits per heavy atom. The van der Waals surface area contributed by atoms with Gasteiger partial charge in [0.15, 0.2) is 17.8 Å². The fourth-order valence-corrected chi connectivity index (χ4v) is 6.66. The van der Waals surface area contributed by atoms with Crippen LogP contribution in [0.25, 0.3) is 11.2 Å². The average Bonchev–Trinajstić information content (AvgIpc) is 3.77. The third-order valence-electron chi connectivity index (χ3n) is 9.26. The summed E-state index contributed by atoms with van der Waals surface area (Å²) in [5, 5.41) is 11.7. The van der Waals surface area contributed by atoms with Crippen LogP contribution in [0.4, 0.5) is 5.95 Å². The summed E-state index contributed by atoms with van der Waals surface area (Å²) >= 11 is 0. The largest absolute Gasteiger partial charge is 0.497 e. The number of aromatic amines is 1. The molecule has 1 aliphatic heterocycles. The summed E-state index contributed by atoms with van der Waals surface area (Å²) in [5.74, 6) is 1.07. The summed E-state index contributed by atoms with van der Waals surface area (Å²) in [6, 6.07) is 33.6. The number of imidazole rings is 1. The number of methoxy groups -OCH3 is 2. The van der Waals surface area contributed by atoms with E-state index in [2.05, 4.69) is 15.0 Å². The van der Waals surface area contributed by atoms with Crippen LogP contribution >= 0.6 is 0 Å². The van der Waals surface area contributed by atoms with Gasteiger partial charge in [0.2, 0.25) is 17.5 Å². The lowest BCUT2D eigenvalue weighted by molar-refractivity contribution is -0.168. The molecule has 1 saturated heterocycles. The number of Topliss-reactive ketones (excluding diaryl/α,β-unsaturated/α-hetero) is 1. The third-order valence-corrected chi connectivity index (χ3v) is 9.26. The number of aromatic nitrogens is 4. The zero-order valence-electron chi connectivity index (χ0n) is 28.5. The number of carbonyl (C=O) groups is 1. The van der Waals surface area contributed by atoms with Crippen molar-refractivity contribution in [2.45, 2.75) is 30.0 Å². The summed E-state index contributed by atoms with van der Waals surface area (Å²) < 4.78 is 31.7. The number of ketones is 1. The highest BCUT2D eigenvalue weighted by molar-refractivity contribution is 5.89. The maximum atomic E-state index is 14.3. The van der Waals surface area contributed by atoms with Gasteiger partial charge in [-0.3, -0.25) is 19.1 Å². The van der Waals surface area contributed by atoms with Crippen LogP contribution in [0, 0.1) is 0 Å². The van der Waals surface area contributed by atoms with Crippen LogP contribution in [0.5, 0.6) is 17.2 Å². The Kier molecular flexibility index (Phi) is 9.47. The molecule has 0 amide bonds. The summed E-state index contributed by atoms with van der Waals surface area (Å²) in [7, 11) is 3.19. The first kappa shape index (κ1) is 34.4. The number of nitrogens with zero attached hydrogens (tertiary/aromatic N) is 3. The van der Waals surface area contributed by atoms with Crippen LogP contribution in [0.2, 0.25) is 0 Å². The van der Waals surface area contributed by atoms with Crippen molar-refractivity contribution in [2.24, 2.45) is 0 Å². The fraction of sp³-hybridized carbons (Fsp3) is 0.231. The number of hydrogen-bond donors (Lipinski definition) is 3. The lowest BCUT2D eigenvalue weighted by Crippen LogP contribution is -2.45. The van der Waals surface area contributed by atoms with Crippen molar-refractivity contribution in [3.63, 3.8) is 0 Å². The van der Waals surface area contributed by atoms with Gasteiger partial charge < -0.3 is 34.5 Å². The molecule has 4 aromatic carbocycles. The van der Waals surface area contributed by atoms with Crippen molar-refractivity contribution in [1.82, 2.24) is 19.5 Å². The minimum absolute atomic E-state index is 0.0122. The first-order valence-corrected chi connectivity index (χ1v) is 16.6. The minimum atomic E-state index is -1.89. The summed E-state index contributed by atoms with van der Waals surface area (Å²) in [5.41, 5.74) is 4.52. The van der Waals surface area contributed by atoms with E-state index in [-0.39, 0.29) is 30.1 Å². The topological polar surface area (TPSA) is 173 Å². The lowest BCUT2D eigenvalue weighted by Gasteiger charge is -2.37. The van der Waals surface area contributed by atoms with Gasteiger partial charge in [-0.1, -0.05) is 72.8 Å². The van der Waals surface area contributed by atoms with E-state index < -0.39 is 41.5 Å². The Morgan fingerprint density at radius 1 is 0.904 bits per heavy atom. The molecule has 0 saturated carbocycles. The van der Waals surface area contributed by atoms with Gasteiger partial charge in [-0.2, -0.15) is 4.98 Å². The van der Waals surface area contributed by atoms with Gasteiger partial charge in [0.25, 0.3) is 5.56 Å². The summed E-state index contributed by atoms with van der Waals surface area (Å²) in [6.45, 7) is -0.597. The first-order chi connectivity index (χ1) is 25.3. The number of rotatable bonds is 13. The summed E-state index contributed by atoms with van der Waals surface area (Å²) in [6.07, 6.45) is -1.19. The average molecular weight is 704 g/mol. The SMILES string of the molecule is COc1ccc(C(OC[C@H]2O[C@@](C(=O)COc3ccccc3)(n3cnc4c(=O)[nH]c(N)nc43)C[C@@H]2O)(c2ccccc2)c2ccc(OC)cc2)cc1. The second-order valence-electron chi connectivity index (χ2n) is 12.3. The number of carbonyl (C=O) groups excluding carboxylic acids is 1. The van der Waals surface area contributed by atoms with E-state index in [4.69, 9.17) is 29.4 Å². The van der Waals surface area contributed by atoms with Gasteiger partial charge in [0, 0.05) is 6.42 Å². The third kappa shape index (κ3) is 6.25. The molecule has 0 bridgehead atoms. The molecule has 6 aromatic rings. The molecule has 0 unspecified atom stereocenters. The molecule has 0 radical (unpaired) electrons. The monoisotopic (exact) mass is 703 g/mol. The highest BCUT2D eigenvalue weighted by atomic mass is 16.6. The number of aliphatic hydroxyl groups excluding tert-OH is 1. The molecule has 52 heavy (non-hydrogen) atoms. The molecule has 1 aliphatic rings. The normalized spacial score (nSPS) is 18.7. The highest BCUT2D eigenvalue weighted by Crippen LogP contribution is 2.44. The molecule has 13 heteroatoms.